The van der Waals surface area contributed by atoms with E-state index in [1.54, 1.807) is 0 Å². The maximum Gasteiger partial charge on any atom is 1.00 e. The van der Waals surface area contributed by atoms with Gasteiger partial charge in [0.1, 0.15) is 0 Å². The third kappa shape index (κ3) is 8.82. The molecule has 0 rings (SSSR count). The summed E-state index contributed by atoms with van der Waals surface area (Å²) in [6.45, 7) is 3.80. The van der Waals surface area contributed by atoms with E-state index >= 15 is 0 Å². The summed E-state index contributed by atoms with van der Waals surface area (Å²) < 4.78 is 0. The summed E-state index contributed by atoms with van der Waals surface area (Å²) >= 11 is 0. The van der Waals surface area contributed by atoms with E-state index in [9.17, 15) is 0 Å². The van der Waals surface area contributed by atoms with Gasteiger partial charge in [-0.15, -0.1) is 0 Å². The molecule has 0 spiro atoms. The maximum absolute atomic E-state index is 8.03. The van der Waals surface area contributed by atoms with Crippen LogP contribution in [-0.4, -0.2) is 11.7 Å². The van der Waals surface area contributed by atoms with Gasteiger partial charge in [-0.05, 0) is 0 Å². The van der Waals surface area contributed by atoms with E-state index in [4.69, 9.17) is 5.11 Å². The monoisotopic (exact) mass is 136 g/mol. The Bertz CT molecular complexity index is 15.0. The summed E-state index contributed by atoms with van der Waals surface area (Å²) in [5, 5.41) is 8.03. The molecule has 0 saturated heterocycles. The average Bonchev–Trinajstić information content (AvgIpc) is 1.41. The second kappa shape index (κ2) is 9.08. The van der Waals surface area contributed by atoms with E-state index in [2.05, 4.69) is 6.92 Å². The molecule has 2 heteroatoms. The average molecular weight is 137 g/mol. The fourth-order valence-electron chi connectivity index (χ4n) is 0.112. The number of rotatable bonds is 2. The number of hydrogen-bond donors (Lipinski definition) is 1. The van der Waals surface area contributed by atoms with E-state index in [1.165, 1.54) is 0 Å². The molecule has 1 nitrogen and oxygen atoms in total. The van der Waals surface area contributed by atoms with Gasteiger partial charge >= 0.3 is 17.1 Å². The van der Waals surface area contributed by atoms with Crippen LogP contribution in [0.2, 0.25) is 0 Å². The molecule has 0 fully saturated rings. The van der Waals surface area contributed by atoms with Gasteiger partial charge in [0, 0.05) is 6.61 Å². The molecule has 0 radical (unpaired) electrons. The van der Waals surface area contributed by atoms with Crippen LogP contribution in [0, 0.1) is 6.92 Å². The molecule has 0 aromatic carbocycles. The van der Waals surface area contributed by atoms with Gasteiger partial charge in [0.25, 0.3) is 0 Å². The summed E-state index contributed by atoms with van der Waals surface area (Å²) in [5.41, 5.74) is 0. The van der Waals surface area contributed by atoms with Crippen LogP contribution in [0.1, 0.15) is 12.8 Å². The molecule has 6 heavy (non-hydrogen) atoms. The van der Waals surface area contributed by atoms with Crippen molar-refractivity contribution in [2.75, 3.05) is 6.61 Å². The summed E-state index contributed by atoms with van der Waals surface area (Å²) in [6.07, 6.45) is 1.68. The minimum atomic E-state index is 0. The van der Waals surface area contributed by atoms with Crippen LogP contribution in [0.15, 0.2) is 0 Å². The molecule has 0 bridgehead atoms. The van der Waals surface area contributed by atoms with Gasteiger partial charge in [-0.2, -0.15) is 6.42 Å². The first-order valence-corrected chi connectivity index (χ1v) is 1.82. The molecule has 0 heterocycles. The van der Waals surface area contributed by atoms with Gasteiger partial charge in [-0.25, -0.2) is 0 Å². The van der Waals surface area contributed by atoms with Crippen LogP contribution in [0.3, 0.4) is 0 Å². The Morgan fingerprint density at radius 3 is 2.00 bits per heavy atom. The zero-order chi connectivity index (χ0) is 4.12. The molecular weight excluding hydrogens is 128 g/mol. The van der Waals surface area contributed by atoms with E-state index in [-0.39, 0.29) is 23.7 Å². The molecule has 0 aliphatic carbocycles. The first-order valence-electron chi connectivity index (χ1n) is 1.82. The van der Waals surface area contributed by atoms with E-state index < -0.39 is 0 Å². The SMILES string of the molecule is [CH2-]CCCO.[Cu+]. The Morgan fingerprint density at radius 2 is 2.00 bits per heavy atom. The number of aliphatic hydroxyl groups excluding tert-OH is 1. The Hall–Kier alpha value is 0.479. The second-order valence-corrected chi connectivity index (χ2v) is 0.931. The predicted octanol–water partition coefficient (Wildman–Crippen LogP) is 0.590. The normalized spacial score (nSPS) is 7.00. The van der Waals surface area contributed by atoms with Gasteiger partial charge in [0.05, 0.1) is 0 Å². The fraction of sp³-hybridized carbons (Fsp3) is 0.750. The van der Waals surface area contributed by atoms with Crippen molar-refractivity contribution in [1.82, 2.24) is 0 Å². The van der Waals surface area contributed by atoms with Crippen LogP contribution in [0.25, 0.3) is 0 Å². The van der Waals surface area contributed by atoms with Crippen molar-refractivity contribution in [1.29, 1.82) is 0 Å². The molecule has 0 unspecified atom stereocenters. The van der Waals surface area contributed by atoms with E-state index in [1.807, 2.05) is 0 Å². The van der Waals surface area contributed by atoms with Gasteiger partial charge in [0.2, 0.25) is 0 Å². The quantitative estimate of drug-likeness (QED) is 0.435. The Morgan fingerprint density at radius 1 is 1.50 bits per heavy atom. The zero-order valence-corrected chi connectivity index (χ0v) is 4.52. The number of unbranched alkanes of at least 4 members (excludes halogenated alkanes) is 1. The Balaban J connectivity index is 0. The Labute approximate surface area is 49.2 Å². The van der Waals surface area contributed by atoms with Crippen LogP contribution in [0.4, 0.5) is 0 Å². The molecule has 0 aliphatic rings. The largest absolute Gasteiger partial charge is 1.00 e. The van der Waals surface area contributed by atoms with Gasteiger partial charge in [-0.1, -0.05) is 6.42 Å². The summed E-state index contributed by atoms with van der Waals surface area (Å²) in [6, 6.07) is 0. The maximum atomic E-state index is 8.03. The van der Waals surface area contributed by atoms with Crippen molar-refractivity contribution in [3.63, 3.8) is 0 Å². The molecule has 0 aromatic heterocycles. The molecule has 42 valence electrons. The van der Waals surface area contributed by atoms with Crippen molar-refractivity contribution in [3.05, 3.63) is 6.92 Å². The first kappa shape index (κ1) is 9.70. The number of aliphatic hydroxyl groups is 1. The molecule has 0 amide bonds. The smallest absolute Gasteiger partial charge is 0.396 e. The van der Waals surface area contributed by atoms with Gasteiger partial charge in [0.15, 0.2) is 0 Å². The Kier molecular flexibility index (Phi) is 14.7. The third-order valence-electron chi connectivity index (χ3n) is 0.408. The minimum absolute atomic E-state index is 0. The van der Waals surface area contributed by atoms with Crippen LogP contribution >= 0.6 is 0 Å². The predicted molar refractivity (Wildman–Crippen MR) is 21.7 cm³/mol. The molecule has 0 aromatic rings. The van der Waals surface area contributed by atoms with Crippen molar-refractivity contribution >= 4 is 0 Å². The zero-order valence-electron chi connectivity index (χ0n) is 3.58. The van der Waals surface area contributed by atoms with Crippen molar-refractivity contribution in [2.45, 2.75) is 12.8 Å². The summed E-state index contributed by atoms with van der Waals surface area (Å²) in [5.74, 6) is 0. The van der Waals surface area contributed by atoms with Gasteiger partial charge < -0.3 is 12.0 Å². The fourth-order valence-corrected chi connectivity index (χ4v) is 0.112. The van der Waals surface area contributed by atoms with Crippen LogP contribution in [-0.2, 0) is 17.1 Å². The van der Waals surface area contributed by atoms with Crippen LogP contribution in [0.5, 0.6) is 0 Å². The first-order chi connectivity index (χ1) is 2.41. The van der Waals surface area contributed by atoms with Crippen molar-refractivity contribution < 1.29 is 22.2 Å². The van der Waals surface area contributed by atoms with E-state index in [0.29, 0.717) is 0 Å². The van der Waals surface area contributed by atoms with Crippen molar-refractivity contribution in [2.24, 2.45) is 0 Å². The molecule has 0 atom stereocenters. The second-order valence-electron chi connectivity index (χ2n) is 0.931. The molecule has 0 saturated carbocycles. The standard InChI is InChI=1S/C4H9O.Cu/c1-2-3-4-5;/h5H,1-4H2;/q-1;+1. The number of hydrogen-bond acceptors (Lipinski definition) is 1. The van der Waals surface area contributed by atoms with E-state index in [0.717, 1.165) is 12.8 Å². The minimum Gasteiger partial charge on any atom is -0.396 e. The molecule has 1 N–H and O–H groups in total. The molecule has 0 aliphatic heterocycles. The molecular formula is C4H9CuO. The van der Waals surface area contributed by atoms with Gasteiger partial charge in [-0.3, -0.25) is 0 Å². The summed E-state index contributed by atoms with van der Waals surface area (Å²) in [7, 11) is 0. The van der Waals surface area contributed by atoms with Crippen LogP contribution < -0.4 is 0 Å². The topological polar surface area (TPSA) is 20.2 Å². The van der Waals surface area contributed by atoms with Crippen molar-refractivity contribution in [3.8, 4) is 0 Å². The third-order valence-corrected chi connectivity index (χ3v) is 0.408. The summed E-state index contributed by atoms with van der Waals surface area (Å²) in [4.78, 5) is 0.